The summed E-state index contributed by atoms with van der Waals surface area (Å²) in [6.07, 6.45) is 7.38. The summed E-state index contributed by atoms with van der Waals surface area (Å²) in [6.45, 7) is 6.25. The van der Waals surface area contributed by atoms with Gasteiger partial charge in [-0.05, 0) is 51.9 Å². The van der Waals surface area contributed by atoms with Crippen LogP contribution in [0.1, 0.15) is 38.5 Å². The van der Waals surface area contributed by atoms with Crippen LogP contribution in [0.4, 0.5) is 0 Å². The van der Waals surface area contributed by atoms with Gasteiger partial charge >= 0.3 is 0 Å². The average Bonchev–Trinajstić information content (AvgIpc) is 2.68. The van der Waals surface area contributed by atoms with Gasteiger partial charge in [0.15, 0.2) is 0 Å². The largest absolute Gasteiger partial charge is 0.355 e. The second kappa shape index (κ2) is 9.56. The standard InChI is InChI=1S/C14H27N3O.ClH/c18-14(13-5-7-15-8-6-13)16-9-12-17-10-3-1-2-4-11-17;/h13,15H,1-12H2,(H,16,18);1H. The highest BCUT2D eigenvalue weighted by Crippen LogP contribution is 2.11. The predicted molar refractivity (Wildman–Crippen MR) is 80.8 cm³/mol. The minimum Gasteiger partial charge on any atom is -0.355 e. The molecule has 2 saturated heterocycles. The van der Waals surface area contributed by atoms with Crippen molar-refractivity contribution in [2.45, 2.75) is 38.5 Å². The van der Waals surface area contributed by atoms with Crippen LogP contribution in [0, 0.1) is 5.92 Å². The molecule has 0 unspecified atom stereocenters. The quantitative estimate of drug-likeness (QED) is 0.822. The van der Waals surface area contributed by atoms with Crippen LogP contribution in [0.2, 0.25) is 0 Å². The van der Waals surface area contributed by atoms with E-state index in [1.165, 1.54) is 38.8 Å². The number of hydrogen-bond donors (Lipinski definition) is 2. The molecule has 0 bridgehead atoms. The van der Waals surface area contributed by atoms with Gasteiger partial charge in [-0.25, -0.2) is 0 Å². The van der Waals surface area contributed by atoms with Crippen LogP contribution in [-0.2, 0) is 4.79 Å². The molecular weight excluding hydrogens is 262 g/mol. The van der Waals surface area contributed by atoms with Crippen molar-refractivity contribution in [1.82, 2.24) is 15.5 Å². The van der Waals surface area contributed by atoms with Crippen LogP contribution in [0.25, 0.3) is 0 Å². The van der Waals surface area contributed by atoms with Crippen molar-refractivity contribution >= 4 is 18.3 Å². The van der Waals surface area contributed by atoms with Gasteiger partial charge in [-0.2, -0.15) is 0 Å². The number of hydrogen-bond acceptors (Lipinski definition) is 3. The summed E-state index contributed by atoms with van der Waals surface area (Å²) in [4.78, 5) is 14.4. The summed E-state index contributed by atoms with van der Waals surface area (Å²) in [5.74, 6) is 0.515. The molecule has 0 aromatic heterocycles. The first-order valence-electron chi connectivity index (χ1n) is 7.57. The van der Waals surface area contributed by atoms with E-state index in [1.807, 2.05) is 0 Å². The van der Waals surface area contributed by atoms with E-state index in [0.717, 1.165) is 39.0 Å². The summed E-state index contributed by atoms with van der Waals surface area (Å²) < 4.78 is 0. The van der Waals surface area contributed by atoms with Crippen LogP contribution < -0.4 is 10.6 Å². The molecule has 0 aliphatic carbocycles. The second-order valence-corrected chi connectivity index (χ2v) is 5.57. The maximum atomic E-state index is 12.0. The van der Waals surface area contributed by atoms with Crippen LogP contribution in [-0.4, -0.2) is 50.1 Å². The zero-order valence-corrected chi connectivity index (χ0v) is 12.6. The normalized spacial score (nSPS) is 22.3. The predicted octanol–water partition coefficient (Wildman–Crippen LogP) is 1.40. The highest BCUT2D eigenvalue weighted by atomic mass is 35.5. The number of nitrogens with one attached hydrogen (secondary N) is 2. The molecule has 0 aromatic carbocycles. The van der Waals surface area contributed by atoms with Gasteiger partial charge in [-0.1, -0.05) is 12.8 Å². The van der Waals surface area contributed by atoms with Crippen LogP contribution in [0.5, 0.6) is 0 Å². The SMILES string of the molecule is Cl.O=C(NCCN1CCCCCC1)C1CCNCC1. The number of carbonyl (C=O) groups is 1. The fourth-order valence-electron chi connectivity index (χ4n) is 2.93. The van der Waals surface area contributed by atoms with Gasteiger partial charge in [0.2, 0.25) is 5.91 Å². The number of piperidine rings is 1. The maximum Gasteiger partial charge on any atom is 0.223 e. The second-order valence-electron chi connectivity index (χ2n) is 5.57. The smallest absolute Gasteiger partial charge is 0.223 e. The Morgan fingerprint density at radius 1 is 1.11 bits per heavy atom. The lowest BCUT2D eigenvalue weighted by molar-refractivity contribution is -0.125. The molecule has 2 rings (SSSR count). The van der Waals surface area contributed by atoms with Gasteiger partial charge in [0, 0.05) is 19.0 Å². The zero-order valence-electron chi connectivity index (χ0n) is 11.8. The van der Waals surface area contributed by atoms with Gasteiger partial charge in [0.25, 0.3) is 0 Å². The number of likely N-dealkylation sites (tertiary alicyclic amines) is 1. The lowest BCUT2D eigenvalue weighted by Crippen LogP contribution is -2.41. The minimum atomic E-state index is 0. The molecule has 2 aliphatic rings. The highest BCUT2D eigenvalue weighted by Gasteiger charge is 2.20. The van der Waals surface area contributed by atoms with E-state index >= 15 is 0 Å². The van der Waals surface area contributed by atoms with Crippen molar-refractivity contribution in [3.8, 4) is 0 Å². The van der Waals surface area contributed by atoms with Crippen molar-refractivity contribution in [2.24, 2.45) is 5.92 Å². The highest BCUT2D eigenvalue weighted by molar-refractivity contribution is 5.85. The van der Waals surface area contributed by atoms with Crippen LogP contribution in [0.15, 0.2) is 0 Å². The Kier molecular flexibility index (Phi) is 8.42. The van der Waals surface area contributed by atoms with E-state index in [4.69, 9.17) is 0 Å². The summed E-state index contributed by atoms with van der Waals surface area (Å²) >= 11 is 0. The topological polar surface area (TPSA) is 44.4 Å². The molecule has 4 nitrogen and oxygen atoms in total. The number of nitrogens with zero attached hydrogens (tertiary/aromatic N) is 1. The number of amides is 1. The Labute approximate surface area is 123 Å². The number of carbonyl (C=O) groups excluding carboxylic acids is 1. The lowest BCUT2D eigenvalue weighted by Gasteiger charge is -2.23. The molecule has 2 N–H and O–H groups in total. The fraction of sp³-hybridized carbons (Fsp3) is 0.929. The first kappa shape index (κ1) is 16.7. The van der Waals surface area contributed by atoms with Crippen molar-refractivity contribution in [2.75, 3.05) is 39.3 Å². The van der Waals surface area contributed by atoms with Crippen LogP contribution >= 0.6 is 12.4 Å². The molecule has 2 fully saturated rings. The van der Waals surface area contributed by atoms with E-state index in [1.54, 1.807) is 0 Å². The Balaban J connectivity index is 0.00000180. The molecule has 0 spiro atoms. The monoisotopic (exact) mass is 289 g/mol. The zero-order chi connectivity index (χ0) is 12.6. The molecule has 5 heteroatoms. The molecule has 2 aliphatic heterocycles. The van der Waals surface area contributed by atoms with Crippen molar-refractivity contribution < 1.29 is 4.79 Å². The van der Waals surface area contributed by atoms with E-state index in [-0.39, 0.29) is 24.2 Å². The van der Waals surface area contributed by atoms with Crippen molar-refractivity contribution in [1.29, 1.82) is 0 Å². The molecule has 112 valence electrons. The van der Waals surface area contributed by atoms with Gasteiger partial charge in [-0.15, -0.1) is 12.4 Å². The first-order valence-corrected chi connectivity index (χ1v) is 7.57. The molecule has 0 atom stereocenters. The molecule has 2 heterocycles. The molecular formula is C14H28ClN3O. The Morgan fingerprint density at radius 2 is 1.74 bits per heavy atom. The summed E-state index contributed by atoms with van der Waals surface area (Å²) in [5, 5.41) is 6.41. The molecule has 1 amide bonds. The average molecular weight is 290 g/mol. The number of halogens is 1. The lowest BCUT2D eigenvalue weighted by atomic mass is 9.97. The summed E-state index contributed by atoms with van der Waals surface area (Å²) in [7, 11) is 0. The fourth-order valence-corrected chi connectivity index (χ4v) is 2.93. The van der Waals surface area contributed by atoms with E-state index in [9.17, 15) is 4.79 Å². The third-order valence-electron chi connectivity index (χ3n) is 4.14. The van der Waals surface area contributed by atoms with Gasteiger partial charge in [-0.3, -0.25) is 4.79 Å². The van der Waals surface area contributed by atoms with Gasteiger partial charge in [0.1, 0.15) is 0 Å². The minimum absolute atomic E-state index is 0. The maximum absolute atomic E-state index is 12.0. The van der Waals surface area contributed by atoms with E-state index in [2.05, 4.69) is 15.5 Å². The van der Waals surface area contributed by atoms with E-state index in [0.29, 0.717) is 0 Å². The number of rotatable bonds is 4. The summed E-state index contributed by atoms with van der Waals surface area (Å²) in [6, 6.07) is 0. The van der Waals surface area contributed by atoms with E-state index < -0.39 is 0 Å². The first-order chi connectivity index (χ1) is 8.86. The molecule has 19 heavy (non-hydrogen) atoms. The van der Waals surface area contributed by atoms with Crippen molar-refractivity contribution in [3.63, 3.8) is 0 Å². The Hall–Kier alpha value is -0.320. The Bertz CT molecular complexity index is 249. The van der Waals surface area contributed by atoms with Gasteiger partial charge in [0.05, 0.1) is 0 Å². The molecule has 0 saturated carbocycles. The molecule has 0 radical (unpaired) electrons. The molecule has 0 aromatic rings. The third kappa shape index (κ3) is 6.11. The van der Waals surface area contributed by atoms with Gasteiger partial charge < -0.3 is 15.5 Å². The third-order valence-corrected chi connectivity index (χ3v) is 4.14. The summed E-state index contributed by atoms with van der Waals surface area (Å²) in [5.41, 5.74) is 0. The Morgan fingerprint density at radius 3 is 2.37 bits per heavy atom. The van der Waals surface area contributed by atoms with Crippen LogP contribution in [0.3, 0.4) is 0 Å². The van der Waals surface area contributed by atoms with Crippen molar-refractivity contribution in [3.05, 3.63) is 0 Å².